The molecule has 4 heterocycles. The largest absolute Gasteiger partial charge is 0.477 e. The zero-order chi connectivity index (χ0) is 20.5. The van der Waals surface area contributed by atoms with Crippen LogP contribution in [-0.2, 0) is 28.0 Å². The number of rotatable bonds is 7. The Morgan fingerprint density at radius 3 is 2.79 bits per heavy atom. The standard InChI is InChI=1S/C16H17N7O4S2/c1-21-16(18-19-20-21)29-8-9-7-28-14-11(13(25)23(14)12(9)15(26)27)17-10(24)6-22-4-2-3-5-22/h2-5,11,14H,6-8H2,1H3,(H,17,24)(H,26,27)/t11-,14-/m1/s1. The van der Waals surface area contributed by atoms with Gasteiger partial charge in [-0.1, -0.05) is 11.8 Å². The Labute approximate surface area is 173 Å². The summed E-state index contributed by atoms with van der Waals surface area (Å²) in [5.74, 6) is -1.07. The second kappa shape index (κ2) is 7.91. The number of nitrogens with zero attached hydrogens (tertiary/aromatic N) is 6. The molecule has 0 radical (unpaired) electrons. The van der Waals surface area contributed by atoms with Crippen LogP contribution in [0.3, 0.4) is 0 Å². The second-order valence-corrected chi connectivity index (χ2v) is 8.49. The van der Waals surface area contributed by atoms with E-state index >= 15 is 0 Å². The van der Waals surface area contributed by atoms with Gasteiger partial charge < -0.3 is 15.0 Å². The lowest BCUT2D eigenvalue weighted by Gasteiger charge is -2.49. The number of amides is 2. The predicted octanol–water partition coefficient (Wildman–Crippen LogP) is -0.457. The van der Waals surface area contributed by atoms with E-state index in [1.807, 2.05) is 0 Å². The number of aryl methyl sites for hydroxylation is 1. The van der Waals surface area contributed by atoms with Gasteiger partial charge in [0.25, 0.3) is 5.91 Å². The van der Waals surface area contributed by atoms with Crippen LogP contribution in [0.5, 0.6) is 0 Å². The molecule has 11 nitrogen and oxygen atoms in total. The van der Waals surface area contributed by atoms with Crippen LogP contribution in [0.4, 0.5) is 0 Å². The highest BCUT2D eigenvalue weighted by molar-refractivity contribution is 8.01. The number of tetrazole rings is 1. The number of β-lactam (4-membered cyclic amide) rings is 1. The Hall–Kier alpha value is -2.80. The number of carboxylic acids is 1. The third-order valence-corrected chi connectivity index (χ3v) is 6.95. The number of nitrogens with one attached hydrogen (secondary N) is 1. The van der Waals surface area contributed by atoms with E-state index in [1.54, 1.807) is 36.1 Å². The molecule has 2 amide bonds. The molecule has 0 unspecified atom stereocenters. The Morgan fingerprint density at radius 1 is 1.38 bits per heavy atom. The molecule has 1 saturated heterocycles. The molecule has 2 N–H and O–H groups in total. The number of aliphatic carboxylic acids is 1. The molecule has 0 saturated carbocycles. The summed E-state index contributed by atoms with van der Waals surface area (Å²) in [4.78, 5) is 38.0. The highest BCUT2D eigenvalue weighted by Crippen LogP contribution is 2.41. The van der Waals surface area contributed by atoms with Gasteiger partial charge in [0.1, 0.15) is 23.7 Å². The molecule has 4 rings (SSSR count). The summed E-state index contributed by atoms with van der Waals surface area (Å²) >= 11 is 2.74. The van der Waals surface area contributed by atoms with E-state index in [4.69, 9.17) is 0 Å². The maximum absolute atomic E-state index is 12.6. The van der Waals surface area contributed by atoms with Crippen molar-refractivity contribution >= 4 is 41.3 Å². The van der Waals surface area contributed by atoms with Crippen molar-refractivity contribution in [1.29, 1.82) is 0 Å². The van der Waals surface area contributed by atoms with Crippen molar-refractivity contribution in [1.82, 2.24) is 35.0 Å². The van der Waals surface area contributed by atoms with Crippen molar-refractivity contribution in [3.8, 4) is 0 Å². The van der Waals surface area contributed by atoms with Crippen molar-refractivity contribution in [3.05, 3.63) is 35.8 Å². The van der Waals surface area contributed by atoms with E-state index in [9.17, 15) is 19.5 Å². The van der Waals surface area contributed by atoms with Crippen LogP contribution in [0.25, 0.3) is 0 Å². The average molecular weight is 435 g/mol. The van der Waals surface area contributed by atoms with Crippen LogP contribution < -0.4 is 5.32 Å². The molecule has 152 valence electrons. The minimum absolute atomic E-state index is 0.0164. The maximum Gasteiger partial charge on any atom is 0.352 e. The van der Waals surface area contributed by atoms with Crippen molar-refractivity contribution in [2.45, 2.75) is 23.1 Å². The Kier molecular flexibility index (Phi) is 5.32. The van der Waals surface area contributed by atoms with E-state index in [0.717, 1.165) is 0 Å². The number of aromatic nitrogens is 5. The SMILES string of the molecule is Cn1nnnc1SCC1=C(C(=O)O)N2C(=O)[C@@H](NC(=O)Cn3cccc3)[C@H]2SC1. The van der Waals surface area contributed by atoms with Crippen LogP contribution in [0.15, 0.2) is 41.0 Å². The van der Waals surface area contributed by atoms with Crippen molar-refractivity contribution in [2.75, 3.05) is 11.5 Å². The topological polar surface area (TPSA) is 135 Å². The summed E-state index contributed by atoms with van der Waals surface area (Å²) in [6, 6.07) is 2.89. The van der Waals surface area contributed by atoms with E-state index in [-0.39, 0.29) is 18.1 Å². The molecule has 2 aromatic rings. The summed E-state index contributed by atoms with van der Waals surface area (Å²) in [6.45, 7) is 0.101. The van der Waals surface area contributed by atoms with Gasteiger partial charge in [0.2, 0.25) is 11.1 Å². The van der Waals surface area contributed by atoms with Crippen LogP contribution >= 0.6 is 23.5 Å². The van der Waals surface area contributed by atoms with Crippen LogP contribution in [0.1, 0.15) is 0 Å². The van der Waals surface area contributed by atoms with Gasteiger partial charge in [-0.3, -0.25) is 14.5 Å². The molecule has 2 atom stereocenters. The second-order valence-electron chi connectivity index (χ2n) is 6.44. The highest BCUT2D eigenvalue weighted by atomic mass is 32.2. The monoisotopic (exact) mass is 435 g/mol. The van der Waals surface area contributed by atoms with Crippen LogP contribution in [-0.4, -0.2) is 75.5 Å². The molecular weight excluding hydrogens is 418 g/mol. The zero-order valence-electron chi connectivity index (χ0n) is 15.3. The van der Waals surface area contributed by atoms with E-state index < -0.39 is 23.3 Å². The first kappa shape index (κ1) is 19.5. The van der Waals surface area contributed by atoms with Gasteiger partial charge >= 0.3 is 5.97 Å². The van der Waals surface area contributed by atoms with Gasteiger partial charge in [0.05, 0.1) is 0 Å². The van der Waals surface area contributed by atoms with Crippen molar-refractivity contribution in [3.63, 3.8) is 0 Å². The highest BCUT2D eigenvalue weighted by Gasteiger charge is 2.54. The molecule has 13 heteroatoms. The molecule has 0 spiro atoms. The Bertz CT molecular complexity index is 987. The summed E-state index contributed by atoms with van der Waals surface area (Å²) in [7, 11) is 1.69. The van der Waals surface area contributed by atoms with Crippen molar-refractivity contribution < 1.29 is 19.5 Å². The smallest absolute Gasteiger partial charge is 0.352 e. The number of carbonyl (C=O) groups excluding carboxylic acids is 2. The number of hydrogen-bond donors (Lipinski definition) is 2. The van der Waals surface area contributed by atoms with Gasteiger partial charge in [0.15, 0.2) is 0 Å². The zero-order valence-corrected chi connectivity index (χ0v) is 16.9. The summed E-state index contributed by atoms with van der Waals surface area (Å²) in [5, 5.41) is 23.7. The molecule has 29 heavy (non-hydrogen) atoms. The Morgan fingerprint density at radius 2 is 2.14 bits per heavy atom. The molecular formula is C16H17N7O4S2. The van der Waals surface area contributed by atoms with Crippen LogP contribution in [0.2, 0.25) is 0 Å². The predicted molar refractivity (Wildman–Crippen MR) is 104 cm³/mol. The van der Waals surface area contributed by atoms with Gasteiger partial charge in [-0.05, 0) is 28.1 Å². The normalized spacial score (nSPS) is 21.0. The third-order valence-electron chi connectivity index (χ3n) is 4.52. The molecule has 1 fully saturated rings. The molecule has 0 aromatic carbocycles. The number of fused-ring (bicyclic) bond motifs is 1. The van der Waals surface area contributed by atoms with Gasteiger partial charge in [-0.2, -0.15) is 0 Å². The first-order chi connectivity index (χ1) is 14.0. The molecule has 2 aliphatic rings. The number of thioether (sulfide) groups is 2. The fourth-order valence-corrected chi connectivity index (χ4v) is 5.48. The lowest BCUT2D eigenvalue weighted by Crippen LogP contribution is -2.70. The minimum atomic E-state index is -1.16. The quantitative estimate of drug-likeness (QED) is 0.437. The Balaban J connectivity index is 1.45. The lowest BCUT2D eigenvalue weighted by molar-refractivity contribution is -0.150. The fraction of sp³-hybridized carbons (Fsp3) is 0.375. The molecule has 2 aliphatic heterocycles. The van der Waals surface area contributed by atoms with Crippen molar-refractivity contribution in [2.24, 2.45) is 7.05 Å². The van der Waals surface area contributed by atoms with E-state index in [0.29, 0.717) is 22.2 Å². The summed E-state index contributed by atoms with van der Waals surface area (Å²) < 4.78 is 3.19. The van der Waals surface area contributed by atoms with Gasteiger partial charge in [-0.25, -0.2) is 9.48 Å². The molecule has 0 bridgehead atoms. The number of carbonyl (C=O) groups is 3. The minimum Gasteiger partial charge on any atom is -0.477 e. The number of carboxylic acid groups (broad SMARTS) is 1. The lowest BCUT2D eigenvalue weighted by atomic mass is 10.0. The van der Waals surface area contributed by atoms with Gasteiger partial charge in [-0.15, -0.1) is 16.9 Å². The fourth-order valence-electron chi connectivity index (χ4n) is 3.15. The molecule has 0 aliphatic carbocycles. The summed E-state index contributed by atoms with van der Waals surface area (Å²) in [5.41, 5.74) is 0.606. The first-order valence-corrected chi connectivity index (χ1v) is 10.6. The van der Waals surface area contributed by atoms with E-state index in [2.05, 4.69) is 20.8 Å². The average Bonchev–Trinajstić information content (AvgIpc) is 3.35. The van der Waals surface area contributed by atoms with Crippen LogP contribution in [0, 0.1) is 0 Å². The third kappa shape index (κ3) is 3.74. The van der Waals surface area contributed by atoms with E-state index in [1.165, 1.54) is 33.1 Å². The van der Waals surface area contributed by atoms with Gasteiger partial charge in [0, 0.05) is 30.9 Å². The molecule has 2 aromatic heterocycles. The maximum atomic E-state index is 12.6. The first-order valence-electron chi connectivity index (χ1n) is 8.61. The number of hydrogen-bond acceptors (Lipinski definition) is 8. The summed E-state index contributed by atoms with van der Waals surface area (Å²) in [6.07, 6.45) is 3.51.